The number of amides is 1. The van der Waals surface area contributed by atoms with Crippen molar-refractivity contribution in [1.82, 2.24) is 20.1 Å². The fraction of sp³-hybridized carbons (Fsp3) is 0.273. The van der Waals surface area contributed by atoms with Crippen molar-refractivity contribution in [3.05, 3.63) is 58.8 Å². The van der Waals surface area contributed by atoms with E-state index in [0.717, 1.165) is 19.5 Å². The fourth-order valence-electron chi connectivity index (χ4n) is 3.63. The number of hydrogen-bond acceptors (Lipinski definition) is 9. The average molecular weight is 435 g/mol. The van der Waals surface area contributed by atoms with Crippen molar-refractivity contribution in [2.45, 2.75) is 19.6 Å². The SMILES string of the molecule is COc1cc2c(cc1Nc1nnc(C(N)=O)c(Nc3cccc(CO)c3)n1)CN(C)CC2. The van der Waals surface area contributed by atoms with Crippen LogP contribution in [-0.2, 0) is 19.6 Å². The molecule has 0 atom stereocenters. The molecule has 3 aromatic rings. The number of nitrogens with one attached hydrogen (secondary N) is 2. The highest BCUT2D eigenvalue weighted by molar-refractivity contribution is 5.96. The van der Waals surface area contributed by atoms with Gasteiger partial charge in [0.15, 0.2) is 11.5 Å². The molecular weight excluding hydrogens is 410 g/mol. The molecule has 1 amide bonds. The smallest absolute Gasteiger partial charge is 0.273 e. The number of carbonyl (C=O) groups is 1. The number of hydrogen-bond donors (Lipinski definition) is 4. The summed E-state index contributed by atoms with van der Waals surface area (Å²) in [6.45, 7) is 1.72. The Kier molecular flexibility index (Phi) is 6.15. The number of aliphatic hydroxyl groups is 1. The molecule has 2 heterocycles. The molecule has 0 fully saturated rings. The molecule has 2 aromatic carbocycles. The molecule has 5 N–H and O–H groups in total. The van der Waals surface area contributed by atoms with Crippen molar-refractivity contribution in [2.24, 2.45) is 5.73 Å². The van der Waals surface area contributed by atoms with Gasteiger partial charge in [0.05, 0.1) is 19.4 Å². The Balaban J connectivity index is 1.67. The van der Waals surface area contributed by atoms with Gasteiger partial charge >= 0.3 is 0 Å². The summed E-state index contributed by atoms with van der Waals surface area (Å²) in [7, 11) is 3.69. The maximum atomic E-state index is 11.9. The van der Waals surface area contributed by atoms with E-state index in [4.69, 9.17) is 10.5 Å². The molecule has 10 nitrogen and oxygen atoms in total. The first-order valence-electron chi connectivity index (χ1n) is 10.1. The van der Waals surface area contributed by atoms with Gasteiger partial charge in [-0.3, -0.25) is 4.79 Å². The fourth-order valence-corrected chi connectivity index (χ4v) is 3.63. The van der Waals surface area contributed by atoms with Gasteiger partial charge in [-0.15, -0.1) is 10.2 Å². The van der Waals surface area contributed by atoms with Gasteiger partial charge in [0, 0.05) is 18.8 Å². The second kappa shape index (κ2) is 9.16. The zero-order valence-corrected chi connectivity index (χ0v) is 17.9. The lowest BCUT2D eigenvalue weighted by molar-refractivity contribution is 0.0995. The molecule has 10 heteroatoms. The minimum Gasteiger partial charge on any atom is -0.495 e. The van der Waals surface area contributed by atoms with Crippen LogP contribution in [0.1, 0.15) is 27.2 Å². The van der Waals surface area contributed by atoms with Crippen LogP contribution in [0.25, 0.3) is 0 Å². The molecule has 0 bridgehead atoms. The normalized spacial score (nSPS) is 13.3. The van der Waals surface area contributed by atoms with Gasteiger partial charge in [-0.25, -0.2) is 0 Å². The van der Waals surface area contributed by atoms with Crippen LogP contribution in [0.5, 0.6) is 5.75 Å². The van der Waals surface area contributed by atoms with Gasteiger partial charge < -0.3 is 31.1 Å². The number of aromatic nitrogens is 3. The van der Waals surface area contributed by atoms with E-state index in [0.29, 0.717) is 22.7 Å². The van der Waals surface area contributed by atoms with Crippen molar-refractivity contribution >= 4 is 29.0 Å². The number of nitrogens with zero attached hydrogens (tertiary/aromatic N) is 4. The van der Waals surface area contributed by atoms with Crippen LogP contribution in [0.15, 0.2) is 36.4 Å². The van der Waals surface area contributed by atoms with Gasteiger partial charge in [-0.2, -0.15) is 4.98 Å². The molecule has 0 unspecified atom stereocenters. The molecule has 0 spiro atoms. The van der Waals surface area contributed by atoms with E-state index in [1.54, 1.807) is 31.4 Å². The number of methoxy groups -OCH3 is 1. The molecule has 4 rings (SSSR count). The molecule has 0 saturated heterocycles. The third-order valence-corrected chi connectivity index (χ3v) is 5.26. The summed E-state index contributed by atoms with van der Waals surface area (Å²) in [6.07, 6.45) is 0.953. The lowest BCUT2D eigenvalue weighted by Crippen LogP contribution is -2.26. The lowest BCUT2D eigenvalue weighted by Gasteiger charge is -2.26. The zero-order chi connectivity index (χ0) is 22.7. The van der Waals surface area contributed by atoms with Crippen LogP contribution in [0.4, 0.5) is 23.1 Å². The van der Waals surface area contributed by atoms with Crippen molar-refractivity contribution in [1.29, 1.82) is 0 Å². The monoisotopic (exact) mass is 435 g/mol. The van der Waals surface area contributed by atoms with Crippen LogP contribution in [0.3, 0.4) is 0 Å². The predicted octanol–water partition coefficient (Wildman–Crippen LogP) is 1.95. The average Bonchev–Trinajstić information content (AvgIpc) is 2.78. The Labute approximate surface area is 185 Å². The Morgan fingerprint density at radius 3 is 2.81 bits per heavy atom. The number of nitrogens with two attached hydrogens (primary N) is 1. The van der Waals surface area contributed by atoms with Crippen LogP contribution < -0.4 is 21.1 Å². The summed E-state index contributed by atoms with van der Waals surface area (Å²) < 4.78 is 5.56. The van der Waals surface area contributed by atoms with Crippen molar-refractivity contribution in [2.75, 3.05) is 31.3 Å². The van der Waals surface area contributed by atoms with Crippen LogP contribution >= 0.6 is 0 Å². The number of primary amides is 1. The van der Waals surface area contributed by atoms with E-state index in [-0.39, 0.29) is 24.1 Å². The van der Waals surface area contributed by atoms with Crippen molar-refractivity contribution in [3.63, 3.8) is 0 Å². The van der Waals surface area contributed by atoms with Crippen LogP contribution in [0.2, 0.25) is 0 Å². The highest BCUT2D eigenvalue weighted by Crippen LogP contribution is 2.33. The number of benzene rings is 2. The maximum absolute atomic E-state index is 11.9. The summed E-state index contributed by atoms with van der Waals surface area (Å²) >= 11 is 0. The second-order valence-corrected chi connectivity index (χ2v) is 7.61. The summed E-state index contributed by atoms with van der Waals surface area (Å²) in [5.74, 6) is 0.243. The minimum absolute atomic E-state index is 0.0935. The third kappa shape index (κ3) is 4.61. The van der Waals surface area contributed by atoms with E-state index in [1.807, 2.05) is 12.1 Å². The largest absolute Gasteiger partial charge is 0.495 e. The Morgan fingerprint density at radius 1 is 1.22 bits per heavy atom. The molecule has 1 aromatic heterocycles. The number of anilines is 4. The molecular formula is C22H25N7O3. The standard InChI is InChI=1S/C22H25N7O3/c1-29-7-6-14-10-18(32-2)17(9-15(14)11-29)25-22-26-21(19(20(23)31)27-28-22)24-16-5-3-4-13(8-16)12-30/h3-5,8-10,30H,6-7,11-12H2,1-2H3,(H2,23,31)(H2,24,25,26,28). The minimum atomic E-state index is -0.758. The van der Waals surface area contributed by atoms with Crippen LogP contribution in [-0.4, -0.2) is 51.8 Å². The quantitative estimate of drug-likeness (QED) is 0.438. The molecule has 0 saturated carbocycles. The van der Waals surface area contributed by atoms with Crippen molar-refractivity contribution in [3.8, 4) is 5.75 Å². The Bertz CT molecular complexity index is 1150. The first-order valence-corrected chi connectivity index (χ1v) is 10.1. The van der Waals surface area contributed by atoms with Gasteiger partial charge in [0.25, 0.3) is 5.91 Å². The molecule has 1 aliphatic rings. The second-order valence-electron chi connectivity index (χ2n) is 7.61. The zero-order valence-electron chi connectivity index (χ0n) is 17.9. The van der Waals surface area contributed by atoms with Gasteiger partial charge in [-0.1, -0.05) is 12.1 Å². The number of carbonyl (C=O) groups excluding carboxylic acids is 1. The topological polar surface area (TPSA) is 139 Å². The Morgan fingerprint density at radius 2 is 2.06 bits per heavy atom. The van der Waals surface area contributed by atoms with Gasteiger partial charge in [-0.05, 0) is 54.4 Å². The van der Waals surface area contributed by atoms with Crippen molar-refractivity contribution < 1.29 is 14.6 Å². The molecule has 1 aliphatic heterocycles. The number of aliphatic hydroxyl groups excluding tert-OH is 1. The number of likely N-dealkylation sites (N-methyl/N-ethyl adjacent to an activating group) is 1. The predicted molar refractivity (Wildman–Crippen MR) is 120 cm³/mol. The van der Waals surface area contributed by atoms with E-state index < -0.39 is 5.91 Å². The highest BCUT2D eigenvalue weighted by atomic mass is 16.5. The van der Waals surface area contributed by atoms with E-state index >= 15 is 0 Å². The van der Waals surface area contributed by atoms with Gasteiger partial charge in [0.2, 0.25) is 5.95 Å². The number of fused-ring (bicyclic) bond motifs is 1. The van der Waals surface area contributed by atoms with E-state index in [1.165, 1.54) is 11.1 Å². The third-order valence-electron chi connectivity index (χ3n) is 5.26. The summed E-state index contributed by atoms with van der Waals surface area (Å²) in [6, 6.07) is 11.1. The first-order chi connectivity index (χ1) is 15.5. The van der Waals surface area contributed by atoms with Gasteiger partial charge in [0.1, 0.15) is 5.75 Å². The highest BCUT2D eigenvalue weighted by Gasteiger charge is 2.19. The van der Waals surface area contributed by atoms with E-state index in [9.17, 15) is 9.90 Å². The number of ether oxygens (including phenoxy) is 1. The molecule has 0 aliphatic carbocycles. The lowest BCUT2D eigenvalue weighted by atomic mass is 9.99. The number of rotatable bonds is 7. The first kappa shape index (κ1) is 21.5. The van der Waals surface area contributed by atoms with E-state index in [2.05, 4.69) is 37.8 Å². The maximum Gasteiger partial charge on any atom is 0.273 e. The van der Waals surface area contributed by atoms with Crippen LogP contribution in [0, 0.1) is 0 Å². The molecule has 32 heavy (non-hydrogen) atoms. The summed E-state index contributed by atoms with van der Waals surface area (Å²) in [5.41, 5.74) is 9.84. The summed E-state index contributed by atoms with van der Waals surface area (Å²) in [5, 5.41) is 23.5. The Hall–Kier alpha value is -3.76. The molecule has 0 radical (unpaired) electrons. The molecule has 166 valence electrons. The summed E-state index contributed by atoms with van der Waals surface area (Å²) in [4.78, 5) is 18.5.